The Morgan fingerprint density at radius 3 is 2.79 bits per heavy atom. The molecule has 7 heteroatoms. The Kier molecular flexibility index (Phi) is 6.01. The minimum absolute atomic E-state index is 0.0277. The summed E-state index contributed by atoms with van der Waals surface area (Å²) in [5, 5.41) is 9.31. The van der Waals surface area contributed by atoms with Gasteiger partial charge in [0.15, 0.2) is 0 Å². The summed E-state index contributed by atoms with van der Waals surface area (Å²) in [5.74, 6) is -0.494. The molecule has 0 fully saturated rings. The van der Waals surface area contributed by atoms with Gasteiger partial charge in [0.2, 0.25) is 5.91 Å². The van der Waals surface area contributed by atoms with Crippen molar-refractivity contribution < 1.29 is 9.59 Å². The summed E-state index contributed by atoms with van der Waals surface area (Å²) in [4.78, 5) is 23.1. The molecular formula is C12H21N5O2. The van der Waals surface area contributed by atoms with Gasteiger partial charge in [-0.15, -0.1) is 0 Å². The van der Waals surface area contributed by atoms with Crippen LogP contribution in [0.2, 0.25) is 0 Å². The topological polar surface area (TPSA) is 102 Å². The molecule has 0 unspecified atom stereocenters. The van der Waals surface area contributed by atoms with Crippen molar-refractivity contribution in [1.29, 1.82) is 0 Å². The standard InChI is InChI=1S/C12H21N5O2/c1-3-14-11(18)8-15-12(19)10-7-16-17(9(10)2)6-4-5-13/h7H,3-6,8,13H2,1-2H3,(H,14,18)(H,15,19). The first-order valence-electron chi connectivity index (χ1n) is 6.37. The van der Waals surface area contributed by atoms with Gasteiger partial charge in [-0.05, 0) is 26.8 Å². The van der Waals surface area contributed by atoms with Gasteiger partial charge < -0.3 is 16.4 Å². The quantitative estimate of drug-likeness (QED) is 0.614. The number of nitrogens with zero attached hydrogens (tertiary/aromatic N) is 2. The third-order valence-electron chi connectivity index (χ3n) is 2.71. The molecule has 0 saturated heterocycles. The summed E-state index contributed by atoms with van der Waals surface area (Å²) in [6.45, 7) is 5.44. The number of hydrogen-bond donors (Lipinski definition) is 3. The van der Waals surface area contributed by atoms with Crippen LogP contribution in [0.3, 0.4) is 0 Å². The Balaban J connectivity index is 2.57. The zero-order valence-corrected chi connectivity index (χ0v) is 11.4. The molecule has 0 aliphatic carbocycles. The van der Waals surface area contributed by atoms with E-state index in [1.54, 1.807) is 4.68 Å². The van der Waals surface area contributed by atoms with E-state index >= 15 is 0 Å². The molecule has 19 heavy (non-hydrogen) atoms. The fourth-order valence-electron chi connectivity index (χ4n) is 1.65. The van der Waals surface area contributed by atoms with Crippen molar-refractivity contribution >= 4 is 11.8 Å². The largest absolute Gasteiger partial charge is 0.355 e. The fraction of sp³-hybridized carbons (Fsp3) is 0.583. The summed E-state index contributed by atoms with van der Waals surface area (Å²) in [5.41, 5.74) is 6.70. The highest BCUT2D eigenvalue weighted by Gasteiger charge is 2.14. The molecule has 4 N–H and O–H groups in total. The molecule has 1 heterocycles. The van der Waals surface area contributed by atoms with Gasteiger partial charge in [-0.25, -0.2) is 0 Å². The number of nitrogens with two attached hydrogens (primary N) is 1. The normalized spacial score (nSPS) is 10.3. The highest BCUT2D eigenvalue weighted by Crippen LogP contribution is 2.07. The predicted octanol–water partition coefficient (Wildman–Crippen LogP) is -0.594. The van der Waals surface area contributed by atoms with Gasteiger partial charge in [-0.1, -0.05) is 0 Å². The average Bonchev–Trinajstić information content (AvgIpc) is 2.75. The van der Waals surface area contributed by atoms with E-state index in [1.807, 2.05) is 13.8 Å². The van der Waals surface area contributed by atoms with Gasteiger partial charge in [0.1, 0.15) is 0 Å². The van der Waals surface area contributed by atoms with Crippen LogP contribution >= 0.6 is 0 Å². The van der Waals surface area contributed by atoms with Gasteiger partial charge in [-0.3, -0.25) is 14.3 Å². The summed E-state index contributed by atoms with van der Waals surface area (Å²) in [6, 6.07) is 0. The molecular weight excluding hydrogens is 246 g/mol. The molecule has 1 rings (SSSR count). The van der Waals surface area contributed by atoms with Crippen LogP contribution in [-0.4, -0.2) is 41.2 Å². The summed E-state index contributed by atoms with van der Waals surface area (Å²) < 4.78 is 1.74. The lowest BCUT2D eigenvalue weighted by molar-refractivity contribution is -0.120. The van der Waals surface area contributed by atoms with Crippen molar-refractivity contribution in [2.24, 2.45) is 5.73 Å². The first-order valence-corrected chi connectivity index (χ1v) is 6.37. The van der Waals surface area contributed by atoms with E-state index < -0.39 is 0 Å². The van der Waals surface area contributed by atoms with Gasteiger partial charge in [0, 0.05) is 18.8 Å². The zero-order valence-electron chi connectivity index (χ0n) is 11.4. The van der Waals surface area contributed by atoms with Gasteiger partial charge in [-0.2, -0.15) is 5.10 Å². The molecule has 1 aromatic rings. The third kappa shape index (κ3) is 4.36. The van der Waals surface area contributed by atoms with Crippen LogP contribution in [-0.2, 0) is 11.3 Å². The van der Waals surface area contributed by atoms with Gasteiger partial charge >= 0.3 is 0 Å². The minimum atomic E-state index is -0.289. The van der Waals surface area contributed by atoms with E-state index in [9.17, 15) is 9.59 Å². The number of rotatable bonds is 7. The maximum Gasteiger partial charge on any atom is 0.255 e. The first kappa shape index (κ1) is 15.2. The summed E-state index contributed by atoms with van der Waals surface area (Å²) >= 11 is 0. The lowest BCUT2D eigenvalue weighted by Crippen LogP contribution is -2.36. The molecule has 106 valence electrons. The zero-order chi connectivity index (χ0) is 14.3. The van der Waals surface area contributed by atoms with Crippen LogP contribution in [0.15, 0.2) is 6.20 Å². The van der Waals surface area contributed by atoms with Crippen molar-refractivity contribution in [3.05, 3.63) is 17.5 Å². The van der Waals surface area contributed by atoms with E-state index in [1.165, 1.54) is 6.20 Å². The fourth-order valence-corrected chi connectivity index (χ4v) is 1.65. The van der Waals surface area contributed by atoms with E-state index in [-0.39, 0.29) is 18.4 Å². The second-order valence-electron chi connectivity index (χ2n) is 4.15. The Morgan fingerprint density at radius 2 is 2.16 bits per heavy atom. The van der Waals surface area contributed by atoms with Crippen LogP contribution in [0.4, 0.5) is 0 Å². The van der Waals surface area contributed by atoms with Crippen molar-refractivity contribution in [2.75, 3.05) is 19.6 Å². The maximum absolute atomic E-state index is 11.9. The van der Waals surface area contributed by atoms with Crippen LogP contribution in [0.25, 0.3) is 0 Å². The van der Waals surface area contributed by atoms with Crippen LogP contribution in [0.5, 0.6) is 0 Å². The molecule has 2 amide bonds. The number of carbonyl (C=O) groups excluding carboxylic acids is 2. The SMILES string of the molecule is CCNC(=O)CNC(=O)c1cnn(CCCN)c1C. The van der Waals surface area contributed by atoms with Crippen LogP contribution < -0.4 is 16.4 Å². The predicted molar refractivity (Wildman–Crippen MR) is 71.7 cm³/mol. The third-order valence-corrected chi connectivity index (χ3v) is 2.71. The smallest absolute Gasteiger partial charge is 0.255 e. The molecule has 0 saturated carbocycles. The van der Waals surface area contributed by atoms with E-state index in [0.717, 1.165) is 12.1 Å². The van der Waals surface area contributed by atoms with Crippen molar-refractivity contribution in [3.63, 3.8) is 0 Å². The van der Waals surface area contributed by atoms with Crippen LogP contribution in [0, 0.1) is 6.92 Å². The maximum atomic E-state index is 11.9. The van der Waals surface area contributed by atoms with E-state index in [0.29, 0.717) is 25.2 Å². The molecule has 0 radical (unpaired) electrons. The molecule has 0 aromatic carbocycles. The number of aryl methyl sites for hydroxylation is 1. The molecule has 0 spiro atoms. The Morgan fingerprint density at radius 1 is 1.42 bits per heavy atom. The van der Waals surface area contributed by atoms with E-state index in [2.05, 4.69) is 15.7 Å². The Bertz CT molecular complexity index is 441. The molecule has 0 aliphatic heterocycles. The summed E-state index contributed by atoms with van der Waals surface area (Å²) in [6.07, 6.45) is 2.32. The number of amides is 2. The summed E-state index contributed by atoms with van der Waals surface area (Å²) in [7, 11) is 0. The Labute approximate surface area is 112 Å². The molecule has 0 aliphatic rings. The number of likely N-dealkylation sites (N-methyl/N-ethyl adjacent to an activating group) is 1. The molecule has 0 atom stereocenters. The second-order valence-corrected chi connectivity index (χ2v) is 4.15. The van der Waals surface area contributed by atoms with Gasteiger partial charge in [0.25, 0.3) is 5.91 Å². The second kappa shape index (κ2) is 7.52. The molecule has 1 aromatic heterocycles. The van der Waals surface area contributed by atoms with E-state index in [4.69, 9.17) is 5.73 Å². The monoisotopic (exact) mass is 267 g/mol. The molecule has 7 nitrogen and oxygen atoms in total. The number of hydrogen-bond acceptors (Lipinski definition) is 4. The number of aromatic nitrogens is 2. The van der Waals surface area contributed by atoms with Crippen molar-refractivity contribution in [3.8, 4) is 0 Å². The Hall–Kier alpha value is -1.89. The lowest BCUT2D eigenvalue weighted by atomic mass is 10.2. The average molecular weight is 267 g/mol. The van der Waals surface area contributed by atoms with Crippen molar-refractivity contribution in [2.45, 2.75) is 26.8 Å². The minimum Gasteiger partial charge on any atom is -0.355 e. The highest BCUT2D eigenvalue weighted by molar-refractivity contribution is 5.97. The number of nitrogens with one attached hydrogen (secondary N) is 2. The molecule has 0 bridgehead atoms. The van der Waals surface area contributed by atoms with Crippen molar-refractivity contribution in [1.82, 2.24) is 20.4 Å². The van der Waals surface area contributed by atoms with Crippen LogP contribution in [0.1, 0.15) is 29.4 Å². The highest BCUT2D eigenvalue weighted by atomic mass is 16.2. The number of carbonyl (C=O) groups is 2. The lowest BCUT2D eigenvalue weighted by Gasteiger charge is -2.06. The van der Waals surface area contributed by atoms with Gasteiger partial charge in [0.05, 0.1) is 18.3 Å². The first-order chi connectivity index (χ1) is 9.10.